The summed E-state index contributed by atoms with van der Waals surface area (Å²) in [7, 11) is 1.93. The molecule has 1 atom stereocenters. The third-order valence-electron chi connectivity index (χ3n) is 6.44. The van der Waals surface area contributed by atoms with Crippen LogP contribution in [-0.2, 0) is 18.9 Å². The zero-order valence-electron chi connectivity index (χ0n) is 16.6. The van der Waals surface area contributed by atoms with Gasteiger partial charge in [-0.3, -0.25) is 4.79 Å². The summed E-state index contributed by atoms with van der Waals surface area (Å²) in [4.78, 5) is 33.6. The van der Waals surface area contributed by atoms with Crippen molar-refractivity contribution in [1.82, 2.24) is 29.4 Å². The SMILES string of the molecule is Cc1ncc2c(n1)C1(CCCN(C(=O)c3ccnc4c3nc(C)n4C)C1)CC2. The molecule has 0 N–H and O–H groups in total. The molecule has 3 aromatic rings. The van der Waals surface area contributed by atoms with E-state index in [4.69, 9.17) is 4.98 Å². The van der Waals surface area contributed by atoms with Gasteiger partial charge in [-0.15, -0.1) is 0 Å². The number of likely N-dealkylation sites (tertiary alicyclic amines) is 1. The molecule has 2 aliphatic rings. The highest BCUT2D eigenvalue weighted by atomic mass is 16.2. The highest BCUT2D eigenvalue weighted by Crippen LogP contribution is 2.44. The van der Waals surface area contributed by atoms with E-state index < -0.39 is 0 Å². The number of piperidine rings is 1. The van der Waals surface area contributed by atoms with Crippen molar-refractivity contribution in [1.29, 1.82) is 0 Å². The fourth-order valence-electron chi connectivity index (χ4n) is 4.86. The Balaban J connectivity index is 1.51. The van der Waals surface area contributed by atoms with Gasteiger partial charge in [-0.1, -0.05) is 0 Å². The molecule has 1 spiro atoms. The number of nitrogens with zero attached hydrogens (tertiary/aromatic N) is 6. The van der Waals surface area contributed by atoms with E-state index in [0.29, 0.717) is 17.6 Å². The molecule has 5 rings (SSSR count). The van der Waals surface area contributed by atoms with Crippen LogP contribution in [-0.4, -0.2) is 48.4 Å². The molecule has 0 radical (unpaired) electrons. The Labute approximate surface area is 163 Å². The van der Waals surface area contributed by atoms with Crippen LogP contribution < -0.4 is 0 Å². The molecule has 7 heteroatoms. The second-order valence-electron chi connectivity index (χ2n) is 8.15. The molecule has 0 bridgehead atoms. The van der Waals surface area contributed by atoms with Crippen molar-refractivity contribution in [2.45, 2.75) is 44.9 Å². The number of carbonyl (C=O) groups is 1. The maximum Gasteiger partial charge on any atom is 0.256 e. The zero-order chi connectivity index (χ0) is 19.5. The minimum atomic E-state index is -0.0386. The smallest absolute Gasteiger partial charge is 0.256 e. The Kier molecular flexibility index (Phi) is 3.76. The first-order valence-electron chi connectivity index (χ1n) is 9.89. The summed E-state index contributed by atoms with van der Waals surface area (Å²) in [5.74, 6) is 1.71. The van der Waals surface area contributed by atoms with Gasteiger partial charge in [0.05, 0.1) is 11.3 Å². The van der Waals surface area contributed by atoms with E-state index in [9.17, 15) is 4.79 Å². The Bertz CT molecular complexity index is 1100. The van der Waals surface area contributed by atoms with Gasteiger partial charge in [0.2, 0.25) is 0 Å². The van der Waals surface area contributed by atoms with E-state index in [-0.39, 0.29) is 11.3 Å². The Morgan fingerprint density at radius 3 is 2.89 bits per heavy atom. The first-order chi connectivity index (χ1) is 13.5. The number of aromatic nitrogens is 5. The number of carbonyl (C=O) groups excluding carboxylic acids is 1. The molecule has 1 aliphatic carbocycles. The number of rotatable bonds is 1. The monoisotopic (exact) mass is 376 g/mol. The number of hydrogen-bond donors (Lipinski definition) is 0. The van der Waals surface area contributed by atoms with E-state index in [1.165, 1.54) is 5.56 Å². The van der Waals surface area contributed by atoms with Gasteiger partial charge in [-0.05, 0) is 51.2 Å². The third kappa shape index (κ3) is 2.45. The van der Waals surface area contributed by atoms with Gasteiger partial charge in [0.15, 0.2) is 5.65 Å². The van der Waals surface area contributed by atoms with E-state index in [1.54, 1.807) is 12.3 Å². The maximum atomic E-state index is 13.5. The quantitative estimate of drug-likeness (QED) is 0.652. The van der Waals surface area contributed by atoms with Crippen molar-refractivity contribution in [3.8, 4) is 0 Å². The largest absolute Gasteiger partial charge is 0.338 e. The summed E-state index contributed by atoms with van der Waals surface area (Å²) in [5.41, 5.74) is 4.45. The number of amides is 1. The molecule has 28 heavy (non-hydrogen) atoms. The number of hydrogen-bond acceptors (Lipinski definition) is 5. The van der Waals surface area contributed by atoms with Crippen LogP contribution in [0.3, 0.4) is 0 Å². The zero-order valence-corrected chi connectivity index (χ0v) is 16.6. The minimum absolute atomic E-state index is 0.0386. The van der Waals surface area contributed by atoms with Crippen molar-refractivity contribution in [3.63, 3.8) is 0 Å². The fraction of sp³-hybridized carbons (Fsp3) is 0.476. The van der Waals surface area contributed by atoms with Gasteiger partial charge >= 0.3 is 0 Å². The first-order valence-corrected chi connectivity index (χ1v) is 9.89. The van der Waals surface area contributed by atoms with Gasteiger partial charge in [0.1, 0.15) is 17.2 Å². The Hall–Kier alpha value is -2.83. The summed E-state index contributed by atoms with van der Waals surface area (Å²) >= 11 is 0. The van der Waals surface area contributed by atoms with Crippen LogP contribution >= 0.6 is 0 Å². The minimum Gasteiger partial charge on any atom is -0.338 e. The Morgan fingerprint density at radius 1 is 1.18 bits per heavy atom. The van der Waals surface area contributed by atoms with Crippen LogP contribution in [0.25, 0.3) is 11.2 Å². The molecule has 0 aromatic carbocycles. The summed E-state index contributed by atoms with van der Waals surface area (Å²) in [5, 5.41) is 0. The van der Waals surface area contributed by atoms with E-state index in [1.807, 2.05) is 36.6 Å². The number of aryl methyl sites for hydroxylation is 4. The highest BCUT2D eigenvalue weighted by molar-refractivity contribution is 6.04. The lowest BCUT2D eigenvalue weighted by Gasteiger charge is -2.40. The van der Waals surface area contributed by atoms with Crippen LogP contribution in [0.1, 0.15) is 52.5 Å². The molecule has 1 aliphatic heterocycles. The lowest BCUT2D eigenvalue weighted by Crippen LogP contribution is -2.48. The second kappa shape index (κ2) is 6.09. The van der Waals surface area contributed by atoms with Gasteiger partial charge in [-0.2, -0.15) is 0 Å². The first kappa shape index (κ1) is 17.3. The third-order valence-corrected chi connectivity index (χ3v) is 6.44. The van der Waals surface area contributed by atoms with Crippen LogP contribution in [0.5, 0.6) is 0 Å². The number of pyridine rings is 1. The molecule has 1 unspecified atom stereocenters. The lowest BCUT2D eigenvalue weighted by atomic mass is 9.77. The predicted molar refractivity (Wildman–Crippen MR) is 105 cm³/mol. The van der Waals surface area contributed by atoms with Crippen molar-refractivity contribution < 1.29 is 4.79 Å². The van der Waals surface area contributed by atoms with Crippen LogP contribution in [0.4, 0.5) is 0 Å². The van der Waals surface area contributed by atoms with Gasteiger partial charge in [0.25, 0.3) is 5.91 Å². The average molecular weight is 376 g/mol. The van der Waals surface area contributed by atoms with Gasteiger partial charge < -0.3 is 9.47 Å². The van der Waals surface area contributed by atoms with E-state index in [0.717, 1.165) is 55.2 Å². The van der Waals surface area contributed by atoms with E-state index >= 15 is 0 Å². The van der Waals surface area contributed by atoms with Crippen LogP contribution in [0, 0.1) is 13.8 Å². The molecule has 0 saturated carbocycles. The summed E-state index contributed by atoms with van der Waals surface area (Å²) in [6.07, 6.45) is 7.78. The van der Waals surface area contributed by atoms with Crippen LogP contribution in [0.2, 0.25) is 0 Å². The predicted octanol–water partition coefficient (Wildman–Crippen LogP) is 2.50. The molecule has 4 heterocycles. The van der Waals surface area contributed by atoms with Crippen molar-refractivity contribution in [2.75, 3.05) is 13.1 Å². The molecule has 3 aromatic heterocycles. The summed E-state index contributed by atoms with van der Waals surface area (Å²) < 4.78 is 1.93. The molecule has 7 nitrogen and oxygen atoms in total. The summed E-state index contributed by atoms with van der Waals surface area (Å²) in [6, 6.07) is 1.80. The average Bonchev–Trinajstić information content (AvgIpc) is 3.19. The topological polar surface area (TPSA) is 76.8 Å². The molecule has 1 saturated heterocycles. The molecular weight excluding hydrogens is 352 g/mol. The van der Waals surface area contributed by atoms with Crippen LogP contribution in [0.15, 0.2) is 18.5 Å². The molecule has 1 amide bonds. The molecule has 1 fully saturated rings. The van der Waals surface area contributed by atoms with E-state index in [2.05, 4.69) is 15.0 Å². The van der Waals surface area contributed by atoms with Crippen molar-refractivity contribution in [3.05, 3.63) is 46.9 Å². The van der Waals surface area contributed by atoms with Gasteiger partial charge in [-0.25, -0.2) is 19.9 Å². The molecule has 144 valence electrons. The second-order valence-corrected chi connectivity index (χ2v) is 8.15. The number of fused-ring (bicyclic) bond motifs is 3. The fourth-order valence-corrected chi connectivity index (χ4v) is 4.86. The normalized spacial score (nSPS) is 21.5. The Morgan fingerprint density at radius 2 is 2.04 bits per heavy atom. The summed E-state index contributed by atoms with van der Waals surface area (Å²) in [6.45, 7) is 5.36. The highest BCUT2D eigenvalue weighted by Gasteiger charge is 2.44. The number of imidazole rings is 1. The lowest BCUT2D eigenvalue weighted by molar-refractivity contribution is 0.0635. The standard InChI is InChI=1S/C21H24N6O/c1-13-23-11-15-5-8-21(18(15)24-13)7-4-10-27(12-21)20(28)16-6-9-22-19-17(16)25-14(2)26(19)3/h6,9,11H,4-5,7-8,10,12H2,1-3H3. The van der Waals surface area contributed by atoms with Crippen molar-refractivity contribution >= 4 is 17.1 Å². The van der Waals surface area contributed by atoms with Crippen molar-refractivity contribution in [2.24, 2.45) is 7.05 Å². The molecular formula is C21H24N6O. The maximum absolute atomic E-state index is 13.5. The van der Waals surface area contributed by atoms with Gasteiger partial charge in [0, 0.05) is 37.9 Å².